The van der Waals surface area contributed by atoms with Crippen LogP contribution in [0.25, 0.3) is 93.5 Å². The van der Waals surface area contributed by atoms with Crippen LogP contribution < -0.4 is 0 Å². The Hall–Kier alpha value is -6.42. The van der Waals surface area contributed by atoms with Gasteiger partial charge in [-0.2, -0.15) is 0 Å². The Bertz CT molecular complexity index is 2840. The zero-order valence-corrected chi connectivity index (χ0v) is 31.4. The minimum Gasteiger partial charge on any atom is -0.247 e. The van der Waals surface area contributed by atoms with Crippen LogP contribution in [0.4, 0.5) is 0 Å². The van der Waals surface area contributed by atoms with E-state index in [1.165, 1.54) is 42.4 Å². The summed E-state index contributed by atoms with van der Waals surface area (Å²) in [6.45, 7) is 10.9. The highest BCUT2D eigenvalue weighted by molar-refractivity contribution is 7.25. The molecule has 3 aromatic heterocycles. The van der Waals surface area contributed by atoms with Crippen molar-refractivity contribution in [1.82, 2.24) is 9.97 Å². The van der Waals surface area contributed by atoms with Gasteiger partial charge in [-0.05, 0) is 84.0 Å². The van der Waals surface area contributed by atoms with E-state index in [9.17, 15) is 0 Å². The third-order valence-corrected chi connectivity index (χ3v) is 11.8. The molecule has 0 bridgehead atoms. The highest BCUT2D eigenvalue weighted by atomic mass is 32.1. The van der Waals surface area contributed by atoms with Gasteiger partial charge in [-0.1, -0.05) is 146 Å². The van der Waals surface area contributed by atoms with E-state index in [-0.39, 0.29) is 0 Å². The van der Waals surface area contributed by atoms with Crippen LogP contribution in [0.2, 0.25) is 0 Å². The van der Waals surface area contributed by atoms with Gasteiger partial charge in [0, 0.05) is 48.0 Å². The molecule has 6 aromatic carbocycles. The zero-order valence-electron chi connectivity index (χ0n) is 30.6. The van der Waals surface area contributed by atoms with Gasteiger partial charge < -0.3 is 0 Å². The van der Waals surface area contributed by atoms with E-state index in [0.29, 0.717) is 0 Å². The Labute approximate surface area is 320 Å². The molecule has 0 spiro atoms. The van der Waals surface area contributed by atoms with Crippen LogP contribution in [0.15, 0.2) is 164 Å². The molecule has 2 nitrogen and oxygen atoms in total. The average molecular weight is 711 g/mol. The summed E-state index contributed by atoms with van der Waals surface area (Å²) in [5.74, 6) is 0. The van der Waals surface area contributed by atoms with E-state index in [1.807, 2.05) is 23.5 Å². The number of benzene rings is 6. The first kappa shape index (κ1) is 33.4. The fourth-order valence-corrected chi connectivity index (χ4v) is 9.10. The summed E-state index contributed by atoms with van der Waals surface area (Å²) >= 11 is 1.83. The Morgan fingerprint density at radius 2 is 0.778 bits per heavy atom. The maximum absolute atomic E-state index is 5.43. The van der Waals surface area contributed by atoms with E-state index in [0.717, 1.165) is 67.3 Å². The van der Waals surface area contributed by atoms with Crippen LogP contribution in [-0.4, -0.2) is 9.97 Å². The third-order valence-electron chi connectivity index (χ3n) is 10.6. The van der Waals surface area contributed by atoms with Gasteiger partial charge in [0.15, 0.2) is 0 Å². The minimum atomic E-state index is 0.937. The van der Waals surface area contributed by atoms with Crippen molar-refractivity contribution < 1.29 is 0 Å². The molecule has 0 amide bonds. The lowest BCUT2D eigenvalue weighted by atomic mass is 9.89. The summed E-state index contributed by atoms with van der Waals surface area (Å²) in [4.78, 5) is 10.9. The van der Waals surface area contributed by atoms with Gasteiger partial charge in [0.25, 0.3) is 0 Å². The second kappa shape index (κ2) is 13.9. The summed E-state index contributed by atoms with van der Waals surface area (Å²) in [5.41, 5.74) is 17.7. The zero-order chi connectivity index (χ0) is 36.8. The first-order valence-corrected chi connectivity index (χ1v) is 19.2. The van der Waals surface area contributed by atoms with Crippen LogP contribution >= 0.6 is 11.3 Å². The predicted octanol–water partition coefficient (Wildman–Crippen LogP) is 14.4. The van der Waals surface area contributed by atoms with E-state index in [4.69, 9.17) is 9.97 Å². The number of rotatable bonds is 7. The van der Waals surface area contributed by atoms with Crippen LogP contribution in [0.3, 0.4) is 0 Å². The van der Waals surface area contributed by atoms with E-state index >= 15 is 0 Å². The number of hydrogen-bond donors (Lipinski definition) is 0. The molecule has 0 aliphatic heterocycles. The molecule has 0 aliphatic rings. The monoisotopic (exact) mass is 710 g/mol. The van der Waals surface area contributed by atoms with Gasteiger partial charge in [0.05, 0.1) is 22.8 Å². The van der Waals surface area contributed by atoms with Gasteiger partial charge in [0.2, 0.25) is 0 Å². The lowest BCUT2D eigenvalue weighted by Crippen LogP contribution is -2.00. The van der Waals surface area contributed by atoms with Crippen molar-refractivity contribution in [2.75, 3.05) is 0 Å². The van der Waals surface area contributed by atoms with Crippen molar-refractivity contribution >= 4 is 37.6 Å². The number of fused-ring (bicyclic) bond motifs is 3. The molecule has 54 heavy (non-hydrogen) atoms. The molecule has 9 rings (SSSR count). The van der Waals surface area contributed by atoms with Gasteiger partial charge in [0.1, 0.15) is 0 Å². The number of pyridine rings is 2. The fraction of sp³-hybridized carbons (Fsp3) is 0.0588. The summed E-state index contributed by atoms with van der Waals surface area (Å²) in [5, 5.41) is 2.45. The van der Waals surface area contributed by atoms with Crippen molar-refractivity contribution in [1.29, 1.82) is 0 Å². The van der Waals surface area contributed by atoms with E-state index in [2.05, 4.69) is 179 Å². The molecule has 0 aliphatic carbocycles. The van der Waals surface area contributed by atoms with Gasteiger partial charge in [-0.15, -0.1) is 11.3 Å². The highest BCUT2D eigenvalue weighted by Gasteiger charge is 2.21. The molecule has 0 radical (unpaired) electrons. The molecule has 0 saturated heterocycles. The SMILES string of the molecule is C=Cc1c(-c2ccccc2)nc(-c2ccc3sc4ccc(-c5nc(-c6ccccc6)c(C)c(-c6ccccc6)c5C)cc4c3c2)c(C)c1-c1ccccc1. The molecule has 0 saturated carbocycles. The molecular formula is C51H38N2S. The predicted molar refractivity (Wildman–Crippen MR) is 232 cm³/mol. The molecule has 3 heteroatoms. The summed E-state index contributed by atoms with van der Waals surface area (Å²) in [6, 6.07) is 56.0. The van der Waals surface area contributed by atoms with Crippen LogP contribution in [-0.2, 0) is 0 Å². The van der Waals surface area contributed by atoms with Crippen molar-refractivity contribution in [3.63, 3.8) is 0 Å². The highest BCUT2D eigenvalue weighted by Crippen LogP contribution is 2.44. The van der Waals surface area contributed by atoms with Crippen molar-refractivity contribution in [2.24, 2.45) is 0 Å². The lowest BCUT2D eigenvalue weighted by molar-refractivity contribution is 1.23. The maximum atomic E-state index is 5.43. The lowest BCUT2D eigenvalue weighted by Gasteiger charge is -2.19. The van der Waals surface area contributed by atoms with Gasteiger partial charge >= 0.3 is 0 Å². The van der Waals surface area contributed by atoms with Crippen LogP contribution in [0, 0.1) is 20.8 Å². The number of thiophene rings is 1. The molecule has 3 heterocycles. The Balaban J connectivity index is 1.26. The Kier molecular flexibility index (Phi) is 8.57. The molecule has 0 unspecified atom stereocenters. The Morgan fingerprint density at radius 1 is 0.407 bits per heavy atom. The first-order valence-electron chi connectivity index (χ1n) is 18.4. The van der Waals surface area contributed by atoms with Crippen LogP contribution in [0.1, 0.15) is 22.3 Å². The summed E-state index contributed by atoms with van der Waals surface area (Å²) in [6.07, 6.45) is 1.96. The van der Waals surface area contributed by atoms with Crippen LogP contribution in [0.5, 0.6) is 0 Å². The normalized spacial score (nSPS) is 11.3. The quantitative estimate of drug-likeness (QED) is 0.165. The standard InChI is InChI=1S/C51H38N2S/c1-5-41-47(36-20-12-7-13-21-36)34(4)50(53-51(41)38-24-16-9-17-25-38)40-27-29-45-43(31-40)42-30-39(26-28-44(42)54-45)49-33(3)46(35-18-10-6-11-19-35)32(2)48(52-49)37-22-14-8-15-23-37/h5-31H,1H2,2-4H3. The second-order valence-electron chi connectivity index (χ2n) is 13.8. The second-order valence-corrected chi connectivity index (χ2v) is 14.9. The van der Waals surface area contributed by atoms with Crippen molar-refractivity contribution in [3.8, 4) is 67.3 Å². The molecule has 0 atom stereocenters. The molecule has 0 fully saturated rings. The topological polar surface area (TPSA) is 25.8 Å². The number of hydrogen-bond acceptors (Lipinski definition) is 3. The van der Waals surface area contributed by atoms with E-state index in [1.54, 1.807) is 0 Å². The van der Waals surface area contributed by atoms with Gasteiger partial charge in [-0.25, -0.2) is 9.97 Å². The first-order chi connectivity index (χ1) is 26.5. The summed E-state index contributed by atoms with van der Waals surface area (Å²) in [7, 11) is 0. The number of nitrogens with zero attached hydrogens (tertiary/aromatic N) is 2. The molecule has 258 valence electrons. The van der Waals surface area contributed by atoms with Crippen molar-refractivity contribution in [3.05, 3.63) is 187 Å². The third kappa shape index (κ3) is 5.74. The van der Waals surface area contributed by atoms with Gasteiger partial charge in [-0.3, -0.25) is 0 Å². The number of aromatic nitrogens is 2. The summed E-state index contributed by atoms with van der Waals surface area (Å²) < 4.78 is 2.50. The Morgan fingerprint density at radius 3 is 1.24 bits per heavy atom. The smallest absolute Gasteiger partial charge is 0.0788 e. The minimum absolute atomic E-state index is 0.937. The fourth-order valence-electron chi connectivity index (χ4n) is 8.03. The largest absolute Gasteiger partial charge is 0.247 e. The van der Waals surface area contributed by atoms with E-state index < -0.39 is 0 Å². The van der Waals surface area contributed by atoms with Crippen molar-refractivity contribution in [2.45, 2.75) is 20.8 Å². The maximum Gasteiger partial charge on any atom is 0.0788 e. The average Bonchev–Trinajstić information content (AvgIpc) is 3.59. The molecule has 0 N–H and O–H groups in total. The molecule has 9 aromatic rings. The molecular weight excluding hydrogens is 673 g/mol.